The molecule has 0 aromatic heterocycles. The first-order valence-corrected chi connectivity index (χ1v) is 7.35. The van der Waals surface area contributed by atoms with E-state index in [0.29, 0.717) is 23.2 Å². The first-order chi connectivity index (χ1) is 9.58. The lowest BCUT2D eigenvalue weighted by Gasteiger charge is -2.25. The van der Waals surface area contributed by atoms with Crippen molar-refractivity contribution in [3.05, 3.63) is 33.8 Å². The van der Waals surface area contributed by atoms with E-state index in [-0.39, 0.29) is 17.9 Å². The van der Waals surface area contributed by atoms with Crippen molar-refractivity contribution in [1.29, 1.82) is 0 Å². The second-order valence-corrected chi connectivity index (χ2v) is 5.68. The minimum Gasteiger partial charge on any atom is -0.372 e. The molecule has 0 bridgehead atoms. The molecule has 6 heteroatoms. The van der Waals surface area contributed by atoms with Crippen LogP contribution in [0, 0.1) is 5.92 Å². The maximum absolute atomic E-state index is 11.1. The number of benzene rings is 1. The van der Waals surface area contributed by atoms with Crippen molar-refractivity contribution in [3.8, 4) is 0 Å². The molecule has 1 aliphatic rings. The van der Waals surface area contributed by atoms with Gasteiger partial charge in [-0.15, -0.1) is 0 Å². The lowest BCUT2D eigenvalue weighted by Crippen LogP contribution is -2.35. The highest BCUT2D eigenvalue weighted by Gasteiger charge is 2.26. The third kappa shape index (κ3) is 4.09. The molecule has 1 aromatic carbocycles. The Morgan fingerprint density at radius 1 is 1.45 bits per heavy atom. The predicted octanol–water partition coefficient (Wildman–Crippen LogP) is 2.41. The Balaban J connectivity index is 2.18. The molecule has 1 amide bonds. The van der Waals surface area contributed by atoms with E-state index in [0.717, 1.165) is 18.7 Å². The lowest BCUT2D eigenvalue weighted by molar-refractivity contribution is -0.119. The van der Waals surface area contributed by atoms with Crippen LogP contribution in [0.4, 0.5) is 0 Å². The molecular weight excluding hydrogens is 299 g/mol. The minimum absolute atomic E-state index is 0.0397. The van der Waals surface area contributed by atoms with Crippen LogP contribution >= 0.6 is 23.2 Å². The number of carbonyl (C=O) groups excluding carboxylic acids is 1. The molecule has 1 fully saturated rings. The van der Waals surface area contributed by atoms with Gasteiger partial charge < -0.3 is 15.4 Å². The zero-order valence-corrected chi connectivity index (χ0v) is 12.8. The average Bonchev–Trinajstić information content (AvgIpc) is 2.65. The van der Waals surface area contributed by atoms with Crippen molar-refractivity contribution in [2.75, 3.05) is 26.2 Å². The van der Waals surface area contributed by atoms with E-state index in [1.165, 1.54) is 6.92 Å². The fourth-order valence-corrected chi connectivity index (χ4v) is 2.61. The van der Waals surface area contributed by atoms with Crippen LogP contribution in [0.15, 0.2) is 18.2 Å². The summed E-state index contributed by atoms with van der Waals surface area (Å²) in [4.78, 5) is 11.1. The van der Waals surface area contributed by atoms with E-state index < -0.39 is 0 Å². The van der Waals surface area contributed by atoms with Gasteiger partial charge in [0.25, 0.3) is 0 Å². The molecule has 4 nitrogen and oxygen atoms in total. The maximum Gasteiger partial charge on any atom is 0.216 e. The molecule has 1 aromatic rings. The van der Waals surface area contributed by atoms with Crippen molar-refractivity contribution < 1.29 is 9.53 Å². The van der Waals surface area contributed by atoms with Gasteiger partial charge in [0.2, 0.25) is 5.91 Å². The highest BCUT2D eigenvalue weighted by Crippen LogP contribution is 2.31. The second-order valence-electron chi connectivity index (χ2n) is 4.87. The molecule has 1 saturated heterocycles. The lowest BCUT2D eigenvalue weighted by atomic mass is 9.95. The van der Waals surface area contributed by atoms with Crippen molar-refractivity contribution >= 4 is 29.1 Å². The summed E-state index contributed by atoms with van der Waals surface area (Å²) in [5, 5.41) is 7.21. The molecule has 20 heavy (non-hydrogen) atoms. The van der Waals surface area contributed by atoms with E-state index >= 15 is 0 Å². The summed E-state index contributed by atoms with van der Waals surface area (Å²) in [6.45, 7) is 4.29. The number of hydrogen-bond donors (Lipinski definition) is 2. The van der Waals surface area contributed by atoms with E-state index in [9.17, 15) is 4.79 Å². The van der Waals surface area contributed by atoms with E-state index in [1.807, 2.05) is 12.1 Å². The van der Waals surface area contributed by atoms with Gasteiger partial charge in [-0.1, -0.05) is 29.3 Å². The average molecular weight is 317 g/mol. The third-order valence-electron chi connectivity index (χ3n) is 3.30. The SMILES string of the molecule is CC(=O)NCC1CNCCOC1c1ccc(Cl)c(Cl)c1. The zero-order chi connectivity index (χ0) is 14.5. The molecule has 0 saturated carbocycles. The van der Waals surface area contributed by atoms with Crippen LogP contribution in [0.25, 0.3) is 0 Å². The first-order valence-electron chi connectivity index (χ1n) is 6.59. The molecule has 2 atom stereocenters. The molecule has 110 valence electrons. The largest absolute Gasteiger partial charge is 0.372 e. The molecule has 1 heterocycles. The van der Waals surface area contributed by atoms with Gasteiger partial charge >= 0.3 is 0 Å². The van der Waals surface area contributed by atoms with E-state index in [1.54, 1.807) is 6.07 Å². The van der Waals surface area contributed by atoms with Crippen molar-refractivity contribution in [2.24, 2.45) is 5.92 Å². The monoisotopic (exact) mass is 316 g/mol. The molecule has 0 aliphatic carbocycles. The Labute approximate surface area is 128 Å². The smallest absolute Gasteiger partial charge is 0.216 e. The van der Waals surface area contributed by atoms with Crippen molar-refractivity contribution in [3.63, 3.8) is 0 Å². The Bertz CT molecular complexity index is 482. The summed E-state index contributed by atoms with van der Waals surface area (Å²) in [7, 11) is 0. The molecule has 2 N–H and O–H groups in total. The van der Waals surface area contributed by atoms with Crippen LogP contribution in [0.5, 0.6) is 0 Å². The Morgan fingerprint density at radius 3 is 2.95 bits per heavy atom. The number of carbonyl (C=O) groups is 1. The Kier molecular flexibility index (Phi) is 5.66. The van der Waals surface area contributed by atoms with Gasteiger partial charge in [0.1, 0.15) is 0 Å². The number of amides is 1. The molecule has 2 unspecified atom stereocenters. The maximum atomic E-state index is 11.1. The highest BCUT2D eigenvalue weighted by molar-refractivity contribution is 6.42. The molecule has 1 aliphatic heterocycles. The minimum atomic E-state index is -0.105. The Hall–Kier alpha value is -0.810. The van der Waals surface area contributed by atoms with Crippen molar-refractivity contribution in [1.82, 2.24) is 10.6 Å². The number of rotatable bonds is 3. The van der Waals surface area contributed by atoms with Gasteiger partial charge in [-0.25, -0.2) is 0 Å². The third-order valence-corrected chi connectivity index (χ3v) is 4.04. The van der Waals surface area contributed by atoms with Gasteiger partial charge in [-0.3, -0.25) is 4.79 Å². The summed E-state index contributed by atoms with van der Waals surface area (Å²) < 4.78 is 5.91. The number of nitrogens with one attached hydrogen (secondary N) is 2. The quantitative estimate of drug-likeness (QED) is 0.900. The standard InChI is InChI=1S/C14H18Cl2N2O2/c1-9(19)18-8-11-7-17-4-5-20-14(11)10-2-3-12(15)13(16)6-10/h2-3,6,11,14,17H,4-5,7-8H2,1H3,(H,18,19). The first kappa shape index (κ1) is 15.6. The van der Waals surface area contributed by atoms with Gasteiger partial charge in [-0.05, 0) is 17.7 Å². The molecule has 0 radical (unpaired) electrons. The fraction of sp³-hybridized carbons (Fsp3) is 0.500. The van der Waals surface area contributed by atoms with Crippen LogP contribution in [0.3, 0.4) is 0 Å². The topological polar surface area (TPSA) is 50.4 Å². The van der Waals surface area contributed by atoms with Crippen LogP contribution in [0.2, 0.25) is 10.0 Å². The summed E-state index contributed by atoms with van der Waals surface area (Å²) in [6, 6.07) is 5.53. The second kappa shape index (κ2) is 7.27. The predicted molar refractivity (Wildman–Crippen MR) is 80.2 cm³/mol. The van der Waals surface area contributed by atoms with Gasteiger partial charge in [0.15, 0.2) is 0 Å². The number of hydrogen-bond acceptors (Lipinski definition) is 3. The summed E-state index contributed by atoms with van der Waals surface area (Å²) >= 11 is 12.0. The Morgan fingerprint density at radius 2 is 2.25 bits per heavy atom. The highest BCUT2D eigenvalue weighted by atomic mass is 35.5. The molecule has 0 spiro atoms. The number of halogens is 2. The van der Waals surface area contributed by atoms with Gasteiger partial charge in [0.05, 0.1) is 22.8 Å². The van der Waals surface area contributed by atoms with E-state index in [4.69, 9.17) is 27.9 Å². The normalized spacial score (nSPS) is 23.1. The number of ether oxygens (including phenoxy) is 1. The fourth-order valence-electron chi connectivity index (χ4n) is 2.30. The zero-order valence-electron chi connectivity index (χ0n) is 11.3. The van der Waals surface area contributed by atoms with Gasteiger partial charge in [0, 0.05) is 32.5 Å². The molecule has 2 rings (SSSR count). The van der Waals surface area contributed by atoms with Crippen LogP contribution in [0.1, 0.15) is 18.6 Å². The van der Waals surface area contributed by atoms with Crippen LogP contribution < -0.4 is 10.6 Å². The van der Waals surface area contributed by atoms with Crippen molar-refractivity contribution in [2.45, 2.75) is 13.0 Å². The molecular formula is C14H18Cl2N2O2. The summed E-state index contributed by atoms with van der Waals surface area (Å²) in [5.74, 6) is 0.112. The van der Waals surface area contributed by atoms with Gasteiger partial charge in [-0.2, -0.15) is 0 Å². The van der Waals surface area contributed by atoms with Crippen LogP contribution in [-0.4, -0.2) is 32.1 Å². The van der Waals surface area contributed by atoms with Crippen LogP contribution in [-0.2, 0) is 9.53 Å². The van der Waals surface area contributed by atoms with E-state index in [2.05, 4.69) is 10.6 Å². The summed E-state index contributed by atoms with van der Waals surface area (Å²) in [6.07, 6.45) is -0.105. The summed E-state index contributed by atoms with van der Waals surface area (Å²) in [5.41, 5.74) is 0.985.